The van der Waals surface area contributed by atoms with Gasteiger partial charge in [-0.1, -0.05) is 13.8 Å². The number of amides is 1. The van der Waals surface area contributed by atoms with Gasteiger partial charge in [-0.05, 0) is 18.1 Å². The fourth-order valence-corrected chi connectivity index (χ4v) is 1.78. The number of carbonyl (C=O) groups excluding carboxylic acids is 1. The van der Waals surface area contributed by atoms with Crippen molar-refractivity contribution in [1.29, 1.82) is 0 Å². The number of aromatic nitrogens is 2. The molecule has 0 unspecified atom stereocenters. The van der Waals surface area contributed by atoms with Crippen LogP contribution in [0.15, 0.2) is 18.2 Å². The zero-order valence-electron chi connectivity index (χ0n) is 11.1. The molecule has 0 aliphatic carbocycles. The van der Waals surface area contributed by atoms with Gasteiger partial charge in [-0.15, -0.1) is 0 Å². The highest BCUT2D eigenvalue weighted by atomic mass is 19.1. The van der Waals surface area contributed by atoms with Crippen LogP contribution in [0.5, 0.6) is 0 Å². The smallest absolute Gasteiger partial charge is 0.243 e. The summed E-state index contributed by atoms with van der Waals surface area (Å²) in [6, 6.07) is 3.70. The third-order valence-electron chi connectivity index (χ3n) is 3.10. The van der Waals surface area contributed by atoms with Gasteiger partial charge >= 0.3 is 0 Å². The molecular formula is C13H17FN4O. The van der Waals surface area contributed by atoms with Crippen molar-refractivity contribution in [3.05, 3.63) is 24.0 Å². The second kappa shape index (κ2) is 4.97. The van der Waals surface area contributed by atoms with E-state index < -0.39 is 6.04 Å². The Kier molecular flexibility index (Phi) is 3.53. The van der Waals surface area contributed by atoms with Crippen molar-refractivity contribution in [3.8, 4) is 0 Å². The highest BCUT2D eigenvalue weighted by molar-refractivity contribution is 5.95. The van der Waals surface area contributed by atoms with Gasteiger partial charge < -0.3 is 10.3 Å². The van der Waals surface area contributed by atoms with Crippen LogP contribution in [0.4, 0.5) is 10.3 Å². The van der Waals surface area contributed by atoms with Gasteiger partial charge in [0.2, 0.25) is 11.9 Å². The molecule has 19 heavy (non-hydrogen) atoms. The minimum absolute atomic E-state index is 0.0344. The first-order chi connectivity index (χ1) is 8.90. The molecule has 3 N–H and O–H groups in total. The van der Waals surface area contributed by atoms with Crippen LogP contribution in [-0.2, 0) is 11.8 Å². The van der Waals surface area contributed by atoms with Gasteiger partial charge in [0, 0.05) is 13.1 Å². The molecule has 102 valence electrons. The van der Waals surface area contributed by atoms with Crippen molar-refractivity contribution in [2.75, 3.05) is 5.32 Å². The summed E-state index contributed by atoms with van der Waals surface area (Å²) in [5.74, 6) is -0.259. The fraction of sp³-hybridized carbons (Fsp3) is 0.385. The molecule has 1 amide bonds. The Hall–Kier alpha value is -1.95. The number of aryl methyl sites for hydroxylation is 1. The zero-order chi connectivity index (χ0) is 14.2. The average molecular weight is 264 g/mol. The summed E-state index contributed by atoms with van der Waals surface area (Å²) >= 11 is 0. The predicted octanol–water partition coefficient (Wildman–Crippen LogP) is 1.63. The Balaban J connectivity index is 2.31. The number of benzene rings is 1. The quantitative estimate of drug-likeness (QED) is 0.885. The first-order valence-electron chi connectivity index (χ1n) is 6.08. The van der Waals surface area contributed by atoms with Gasteiger partial charge in [-0.25, -0.2) is 9.37 Å². The minimum atomic E-state index is -0.600. The number of nitrogens with two attached hydrogens (primary N) is 1. The Morgan fingerprint density at radius 2 is 2.16 bits per heavy atom. The highest BCUT2D eigenvalue weighted by Gasteiger charge is 2.19. The average Bonchev–Trinajstić information content (AvgIpc) is 2.64. The SMILES string of the molecule is CC(C)[C@H](N)C(=O)Nc1nc2cc(F)ccc2n1C. The van der Waals surface area contributed by atoms with E-state index in [9.17, 15) is 9.18 Å². The number of hydrogen-bond donors (Lipinski definition) is 2. The maximum absolute atomic E-state index is 13.1. The normalized spacial score (nSPS) is 12.9. The summed E-state index contributed by atoms with van der Waals surface area (Å²) in [6.07, 6.45) is 0. The van der Waals surface area contributed by atoms with E-state index in [1.54, 1.807) is 17.7 Å². The van der Waals surface area contributed by atoms with Crippen molar-refractivity contribution < 1.29 is 9.18 Å². The van der Waals surface area contributed by atoms with Gasteiger partial charge in [0.15, 0.2) is 0 Å². The standard InChI is InChI=1S/C13H17FN4O/c1-7(2)11(15)12(19)17-13-16-9-6-8(14)4-5-10(9)18(13)3/h4-7,11H,15H2,1-3H3,(H,16,17,19)/t11-/m0/s1. The predicted molar refractivity (Wildman–Crippen MR) is 72.1 cm³/mol. The van der Waals surface area contributed by atoms with Gasteiger partial charge in [-0.3, -0.25) is 10.1 Å². The van der Waals surface area contributed by atoms with E-state index in [-0.39, 0.29) is 17.6 Å². The van der Waals surface area contributed by atoms with E-state index in [2.05, 4.69) is 10.3 Å². The Morgan fingerprint density at radius 3 is 2.79 bits per heavy atom. The lowest BCUT2D eigenvalue weighted by molar-refractivity contribution is -0.118. The minimum Gasteiger partial charge on any atom is -0.320 e. The highest BCUT2D eigenvalue weighted by Crippen LogP contribution is 2.19. The number of halogens is 1. The maximum atomic E-state index is 13.1. The topological polar surface area (TPSA) is 72.9 Å². The van der Waals surface area contributed by atoms with E-state index in [1.165, 1.54) is 12.1 Å². The van der Waals surface area contributed by atoms with Crippen LogP contribution in [0.1, 0.15) is 13.8 Å². The number of carbonyl (C=O) groups is 1. The molecule has 1 aromatic heterocycles. The van der Waals surface area contributed by atoms with Gasteiger partial charge in [0.25, 0.3) is 0 Å². The van der Waals surface area contributed by atoms with Crippen LogP contribution in [-0.4, -0.2) is 21.5 Å². The van der Waals surface area contributed by atoms with Gasteiger partial charge in [-0.2, -0.15) is 0 Å². The summed E-state index contributed by atoms with van der Waals surface area (Å²) in [5, 5.41) is 2.67. The van der Waals surface area contributed by atoms with E-state index in [0.29, 0.717) is 11.5 Å². The molecule has 0 aliphatic rings. The Bertz CT molecular complexity index is 620. The number of hydrogen-bond acceptors (Lipinski definition) is 3. The number of imidazole rings is 1. The summed E-state index contributed by atoms with van der Waals surface area (Å²) in [5.41, 5.74) is 7.01. The molecule has 2 rings (SSSR count). The van der Waals surface area contributed by atoms with E-state index in [4.69, 9.17) is 5.73 Å². The molecule has 5 nitrogen and oxygen atoms in total. The number of fused-ring (bicyclic) bond motifs is 1. The molecule has 6 heteroatoms. The zero-order valence-corrected chi connectivity index (χ0v) is 11.1. The molecule has 0 bridgehead atoms. The number of nitrogens with zero attached hydrogens (tertiary/aromatic N) is 2. The van der Waals surface area contributed by atoms with Crippen molar-refractivity contribution in [2.24, 2.45) is 18.7 Å². The first-order valence-corrected chi connectivity index (χ1v) is 6.08. The lowest BCUT2D eigenvalue weighted by Crippen LogP contribution is -2.40. The molecule has 0 radical (unpaired) electrons. The summed E-state index contributed by atoms with van der Waals surface area (Å²) in [7, 11) is 1.75. The fourth-order valence-electron chi connectivity index (χ4n) is 1.78. The molecule has 2 aromatic rings. The molecule has 1 aromatic carbocycles. The summed E-state index contributed by atoms with van der Waals surface area (Å²) in [6.45, 7) is 3.74. The van der Waals surface area contributed by atoms with Crippen molar-refractivity contribution in [1.82, 2.24) is 9.55 Å². The number of anilines is 1. The Labute approximate surface area is 110 Å². The molecule has 0 saturated heterocycles. The first kappa shape index (κ1) is 13.5. The third-order valence-corrected chi connectivity index (χ3v) is 3.10. The lowest BCUT2D eigenvalue weighted by atomic mass is 10.1. The number of rotatable bonds is 3. The molecule has 0 fully saturated rings. The van der Waals surface area contributed by atoms with Crippen LogP contribution in [0.2, 0.25) is 0 Å². The van der Waals surface area contributed by atoms with Crippen LogP contribution in [0, 0.1) is 11.7 Å². The number of nitrogens with one attached hydrogen (secondary N) is 1. The molecule has 0 aliphatic heterocycles. The van der Waals surface area contributed by atoms with Gasteiger partial charge in [0.1, 0.15) is 5.82 Å². The lowest BCUT2D eigenvalue weighted by Gasteiger charge is -2.14. The van der Waals surface area contributed by atoms with E-state index in [0.717, 1.165) is 5.52 Å². The van der Waals surface area contributed by atoms with Crippen LogP contribution >= 0.6 is 0 Å². The van der Waals surface area contributed by atoms with Crippen LogP contribution in [0.3, 0.4) is 0 Å². The van der Waals surface area contributed by atoms with Crippen molar-refractivity contribution in [3.63, 3.8) is 0 Å². The molecule has 0 saturated carbocycles. The second-order valence-electron chi connectivity index (χ2n) is 4.89. The van der Waals surface area contributed by atoms with Crippen molar-refractivity contribution >= 4 is 22.9 Å². The van der Waals surface area contributed by atoms with Gasteiger partial charge in [0.05, 0.1) is 17.1 Å². The maximum Gasteiger partial charge on any atom is 0.243 e. The van der Waals surface area contributed by atoms with E-state index >= 15 is 0 Å². The van der Waals surface area contributed by atoms with E-state index in [1.807, 2.05) is 13.8 Å². The van der Waals surface area contributed by atoms with Crippen molar-refractivity contribution in [2.45, 2.75) is 19.9 Å². The molecular weight excluding hydrogens is 247 g/mol. The Morgan fingerprint density at radius 1 is 1.47 bits per heavy atom. The molecule has 1 heterocycles. The summed E-state index contributed by atoms with van der Waals surface area (Å²) in [4.78, 5) is 16.1. The van der Waals surface area contributed by atoms with Crippen LogP contribution in [0.25, 0.3) is 11.0 Å². The second-order valence-corrected chi connectivity index (χ2v) is 4.89. The third kappa shape index (κ3) is 2.58. The molecule has 0 spiro atoms. The summed E-state index contributed by atoms with van der Waals surface area (Å²) < 4.78 is 14.8. The monoisotopic (exact) mass is 264 g/mol. The van der Waals surface area contributed by atoms with Crippen LogP contribution < -0.4 is 11.1 Å². The molecule has 1 atom stereocenters. The largest absolute Gasteiger partial charge is 0.320 e.